The van der Waals surface area contributed by atoms with Gasteiger partial charge in [-0.05, 0) is 122 Å². The smallest absolute Gasteiger partial charge is 0.123 e. The van der Waals surface area contributed by atoms with Gasteiger partial charge in [0.15, 0.2) is 0 Å². The van der Waals surface area contributed by atoms with E-state index in [0.717, 1.165) is 48.9 Å². The van der Waals surface area contributed by atoms with Crippen LogP contribution in [0.15, 0.2) is 35.9 Å². The Morgan fingerprint density at radius 2 is 1.81 bits per heavy atom. The molecule has 0 bridgehead atoms. The van der Waals surface area contributed by atoms with Crippen LogP contribution in [0.1, 0.15) is 84.1 Å². The lowest BCUT2D eigenvalue weighted by atomic mass is 9.47. The normalized spacial score (nSPS) is 42.9. The van der Waals surface area contributed by atoms with Crippen LogP contribution in [0.4, 0.5) is 4.39 Å². The molecule has 2 heteroatoms. The first-order chi connectivity index (χ1) is 14.8. The minimum absolute atomic E-state index is 0.109. The molecule has 0 saturated heterocycles. The van der Waals surface area contributed by atoms with Gasteiger partial charge in [0.05, 0.1) is 6.10 Å². The first kappa shape index (κ1) is 21.7. The lowest BCUT2D eigenvalue weighted by Crippen LogP contribution is -2.50. The molecule has 3 saturated carbocycles. The van der Waals surface area contributed by atoms with E-state index in [1.54, 1.807) is 17.7 Å². The van der Waals surface area contributed by atoms with Crippen molar-refractivity contribution in [2.24, 2.45) is 40.4 Å². The van der Waals surface area contributed by atoms with Gasteiger partial charge < -0.3 is 5.11 Å². The zero-order valence-electron chi connectivity index (χ0n) is 19.7. The molecule has 5 rings (SSSR count). The standard InChI is InChI=1S/C29H41FO/c1-19(4-5-20-6-9-22(30)10-7-20)25-12-13-26-24-11-8-21-18-23(31)14-16-28(21,2)27(24)15-17-29(25,26)3/h6-10,19,23-27,31H,4-5,11-18H2,1-3H3/t19?,23?,24?,25-,26?,27?,28?,29?/m1/s1. The van der Waals surface area contributed by atoms with Crippen molar-refractivity contribution in [3.63, 3.8) is 0 Å². The maximum atomic E-state index is 13.2. The van der Waals surface area contributed by atoms with Gasteiger partial charge >= 0.3 is 0 Å². The molecule has 4 aliphatic carbocycles. The highest BCUT2D eigenvalue weighted by molar-refractivity contribution is 5.25. The first-order valence-corrected chi connectivity index (χ1v) is 12.9. The number of aliphatic hydroxyl groups excluding tert-OH is 1. The average molecular weight is 425 g/mol. The summed E-state index contributed by atoms with van der Waals surface area (Å²) in [6.07, 6.45) is 14.6. The van der Waals surface area contributed by atoms with Crippen molar-refractivity contribution < 1.29 is 9.50 Å². The van der Waals surface area contributed by atoms with Crippen molar-refractivity contribution >= 4 is 0 Å². The number of fused-ring (bicyclic) bond motifs is 5. The summed E-state index contributed by atoms with van der Waals surface area (Å²) in [6, 6.07) is 7.12. The number of aliphatic hydroxyl groups is 1. The predicted molar refractivity (Wildman–Crippen MR) is 125 cm³/mol. The highest BCUT2D eigenvalue weighted by Gasteiger charge is 2.59. The zero-order valence-corrected chi connectivity index (χ0v) is 19.7. The van der Waals surface area contributed by atoms with Gasteiger partial charge in [0.2, 0.25) is 0 Å². The molecule has 0 aliphatic heterocycles. The van der Waals surface area contributed by atoms with Gasteiger partial charge in [0, 0.05) is 0 Å². The van der Waals surface area contributed by atoms with Crippen LogP contribution in [0.2, 0.25) is 0 Å². The Morgan fingerprint density at radius 1 is 1.03 bits per heavy atom. The number of hydrogen-bond acceptors (Lipinski definition) is 1. The fourth-order valence-corrected chi connectivity index (χ4v) is 8.86. The van der Waals surface area contributed by atoms with Gasteiger partial charge in [0.25, 0.3) is 0 Å². The van der Waals surface area contributed by atoms with E-state index in [2.05, 4.69) is 26.8 Å². The Bertz CT molecular complexity index is 828. The van der Waals surface area contributed by atoms with E-state index in [1.165, 1.54) is 50.5 Å². The number of hydrogen-bond donors (Lipinski definition) is 1. The number of aryl methyl sites for hydroxylation is 1. The molecule has 0 radical (unpaired) electrons. The summed E-state index contributed by atoms with van der Waals surface area (Å²) >= 11 is 0. The third-order valence-corrected chi connectivity index (χ3v) is 10.6. The van der Waals surface area contributed by atoms with Crippen molar-refractivity contribution in [3.05, 3.63) is 47.3 Å². The van der Waals surface area contributed by atoms with Crippen LogP contribution in [-0.2, 0) is 6.42 Å². The lowest BCUT2D eigenvalue weighted by Gasteiger charge is -2.58. The van der Waals surface area contributed by atoms with Crippen LogP contribution < -0.4 is 0 Å². The largest absolute Gasteiger partial charge is 0.393 e. The molecule has 8 atom stereocenters. The highest BCUT2D eigenvalue weighted by Crippen LogP contribution is 2.67. The third kappa shape index (κ3) is 3.62. The summed E-state index contributed by atoms with van der Waals surface area (Å²) in [4.78, 5) is 0. The summed E-state index contributed by atoms with van der Waals surface area (Å²) in [7, 11) is 0. The van der Waals surface area contributed by atoms with Crippen LogP contribution >= 0.6 is 0 Å². The van der Waals surface area contributed by atoms with Crippen molar-refractivity contribution in [2.75, 3.05) is 0 Å². The molecule has 0 amide bonds. The predicted octanol–water partition coefficient (Wildman–Crippen LogP) is 7.33. The Labute approximate surface area is 188 Å². The Hall–Kier alpha value is -1.15. The van der Waals surface area contributed by atoms with Crippen LogP contribution in [0.3, 0.4) is 0 Å². The first-order valence-electron chi connectivity index (χ1n) is 12.9. The van der Waals surface area contributed by atoms with Crippen molar-refractivity contribution in [2.45, 2.75) is 91.1 Å². The van der Waals surface area contributed by atoms with Gasteiger partial charge in [-0.2, -0.15) is 0 Å². The van der Waals surface area contributed by atoms with Crippen LogP contribution in [0.25, 0.3) is 0 Å². The van der Waals surface area contributed by atoms with E-state index in [0.29, 0.717) is 10.8 Å². The van der Waals surface area contributed by atoms with Crippen LogP contribution in [0, 0.1) is 46.2 Å². The molecule has 7 unspecified atom stereocenters. The van der Waals surface area contributed by atoms with E-state index in [4.69, 9.17) is 0 Å². The molecule has 0 aromatic heterocycles. The summed E-state index contributed by atoms with van der Waals surface area (Å²) in [5.74, 6) is 3.96. The van der Waals surface area contributed by atoms with Gasteiger partial charge in [-0.1, -0.05) is 44.6 Å². The maximum Gasteiger partial charge on any atom is 0.123 e. The second kappa shape index (κ2) is 8.01. The molecule has 1 nitrogen and oxygen atoms in total. The second-order valence-corrected chi connectivity index (χ2v) is 12.0. The summed E-state index contributed by atoms with van der Waals surface area (Å²) in [6.45, 7) is 7.64. The SMILES string of the molecule is CC(CCc1ccc(F)cc1)[C@H]1CCC2C3CC=C4CC(O)CCC4(C)C3CCC21C. The molecule has 170 valence electrons. The van der Waals surface area contributed by atoms with Crippen LogP contribution in [-0.4, -0.2) is 11.2 Å². The highest BCUT2D eigenvalue weighted by atomic mass is 19.1. The van der Waals surface area contributed by atoms with Gasteiger partial charge in [-0.15, -0.1) is 0 Å². The van der Waals surface area contributed by atoms with E-state index < -0.39 is 0 Å². The quantitative estimate of drug-likeness (QED) is 0.502. The second-order valence-electron chi connectivity index (χ2n) is 12.0. The van der Waals surface area contributed by atoms with Gasteiger partial charge in [0.1, 0.15) is 5.82 Å². The Kier molecular flexibility index (Phi) is 5.60. The Balaban J connectivity index is 1.30. The zero-order chi connectivity index (χ0) is 21.8. The number of rotatable bonds is 4. The number of benzene rings is 1. The number of halogens is 1. The third-order valence-electron chi connectivity index (χ3n) is 10.6. The van der Waals surface area contributed by atoms with Gasteiger partial charge in [-0.25, -0.2) is 4.39 Å². The average Bonchev–Trinajstić information content (AvgIpc) is 3.11. The summed E-state index contributed by atoms with van der Waals surface area (Å²) in [5.41, 5.74) is 3.68. The molecule has 1 aromatic carbocycles. The molecule has 0 spiro atoms. The van der Waals surface area contributed by atoms with E-state index in [9.17, 15) is 9.50 Å². The van der Waals surface area contributed by atoms with Crippen molar-refractivity contribution in [1.82, 2.24) is 0 Å². The maximum absolute atomic E-state index is 13.2. The fraction of sp³-hybridized carbons (Fsp3) is 0.724. The lowest BCUT2D eigenvalue weighted by molar-refractivity contribution is -0.0571. The van der Waals surface area contributed by atoms with Crippen molar-refractivity contribution in [3.8, 4) is 0 Å². The molecule has 31 heavy (non-hydrogen) atoms. The van der Waals surface area contributed by atoms with Crippen molar-refractivity contribution in [1.29, 1.82) is 0 Å². The minimum atomic E-state index is -0.134. The Morgan fingerprint density at radius 3 is 2.58 bits per heavy atom. The molecule has 0 heterocycles. The topological polar surface area (TPSA) is 20.2 Å². The molecular formula is C29H41FO. The van der Waals surface area contributed by atoms with E-state index in [-0.39, 0.29) is 11.9 Å². The number of allylic oxidation sites excluding steroid dienone is 1. The minimum Gasteiger partial charge on any atom is -0.393 e. The van der Waals surface area contributed by atoms with E-state index in [1.807, 2.05) is 12.1 Å². The monoisotopic (exact) mass is 424 g/mol. The fourth-order valence-electron chi connectivity index (χ4n) is 8.86. The molecular weight excluding hydrogens is 383 g/mol. The summed E-state index contributed by atoms with van der Waals surface area (Å²) in [5, 5.41) is 10.2. The van der Waals surface area contributed by atoms with Crippen LogP contribution in [0.5, 0.6) is 0 Å². The summed E-state index contributed by atoms with van der Waals surface area (Å²) < 4.78 is 13.2. The molecule has 4 aliphatic rings. The molecule has 1 N–H and O–H groups in total. The van der Waals surface area contributed by atoms with E-state index >= 15 is 0 Å². The molecule has 1 aromatic rings. The molecule has 3 fully saturated rings. The van der Waals surface area contributed by atoms with Gasteiger partial charge in [-0.3, -0.25) is 0 Å².